The number of ether oxygens (including phenoxy) is 3. The quantitative estimate of drug-likeness (QED) is 0.343. The van der Waals surface area contributed by atoms with E-state index < -0.39 is 11.8 Å². The van der Waals surface area contributed by atoms with Gasteiger partial charge in [-0.2, -0.15) is 0 Å². The number of anilines is 1. The van der Waals surface area contributed by atoms with Gasteiger partial charge in [-0.3, -0.25) is 14.5 Å². The van der Waals surface area contributed by atoms with Gasteiger partial charge in [-0.25, -0.2) is 0 Å². The number of hydrogen-bond donors (Lipinski definition) is 2. The molecule has 10 heteroatoms. The highest BCUT2D eigenvalue weighted by Crippen LogP contribution is 2.31. The maximum absolute atomic E-state index is 12.8. The minimum absolute atomic E-state index is 0.0264. The summed E-state index contributed by atoms with van der Waals surface area (Å²) in [7, 11) is 4.84. The molecule has 0 spiro atoms. The van der Waals surface area contributed by atoms with Crippen LogP contribution in [0, 0.1) is 0 Å². The Morgan fingerprint density at radius 3 is 2.25 bits per heavy atom. The van der Waals surface area contributed by atoms with E-state index in [0.29, 0.717) is 24.5 Å². The molecular weight excluding hydrogens is 528 g/mol. The van der Waals surface area contributed by atoms with E-state index in [4.69, 9.17) is 14.2 Å². The van der Waals surface area contributed by atoms with Crippen molar-refractivity contribution in [1.29, 1.82) is 0 Å². The standard InChI is InChI=1S/C30H38N4O5S/c1-21(32-30(36)29(35)31-14-13-22-7-12-25(38-3)26(20-22)39-4)28(27-6-5-19-40-27)34-17-15-33(16-18-34)23-8-10-24(37-2)11-9-23/h5-12,19-21,28H,13-18H2,1-4H3,(H,31,35)(H,32,36)/t21-,28+/m1/s1. The molecule has 1 aliphatic rings. The number of carbonyl (C=O) groups is 2. The second-order valence-electron chi connectivity index (χ2n) is 9.64. The summed E-state index contributed by atoms with van der Waals surface area (Å²) in [6.45, 7) is 5.71. The number of thiophene rings is 1. The van der Waals surface area contributed by atoms with Gasteiger partial charge in [0.2, 0.25) is 0 Å². The van der Waals surface area contributed by atoms with Gasteiger partial charge in [0, 0.05) is 49.3 Å². The molecule has 0 saturated carbocycles. The fourth-order valence-corrected chi connectivity index (χ4v) is 6.01. The fraction of sp³-hybridized carbons (Fsp3) is 0.400. The Hall–Kier alpha value is -3.76. The molecule has 9 nitrogen and oxygen atoms in total. The number of rotatable bonds is 11. The van der Waals surface area contributed by atoms with Crippen LogP contribution in [0.3, 0.4) is 0 Å². The maximum atomic E-state index is 12.8. The van der Waals surface area contributed by atoms with Crippen LogP contribution in [0.25, 0.3) is 0 Å². The number of methoxy groups -OCH3 is 3. The Balaban J connectivity index is 1.31. The van der Waals surface area contributed by atoms with Crippen molar-refractivity contribution in [3.63, 3.8) is 0 Å². The van der Waals surface area contributed by atoms with Crippen molar-refractivity contribution in [2.75, 3.05) is 59.0 Å². The zero-order valence-corrected chi connectivity index (χ0v) is 24.3. The van der Waals surface area contributed by atoms with Gasteiger partial charge in [0.05, 0.1) is 27.4 Å². The number of hydrogen-bond acceptors (Lipinski definition) is 8. The highest BCUT2D eigenvalue weighted by Gasteiger charge is 2.32. The second kappa shape index (κ2) is 14.0. The van der Waals surface area contributed by atoms with E-state index in [0.717, 1.165) is 37.5 Å². The van der Waals surface area contributed by atoms with Crippen molar-refractivity contribution in [1.82, 2.24) is 15.5 Å². The molecule has 2 heterocycles. The molecule has 1 fully saturated rings. The molecule has 1 saturated heterocycles. The van der Waals surface area contributed by atoms with Crippen LogP contribution in [0.5, 0.6) is 17.2 Å². The third-order valence-electron chi connectivity index (χ3n) is 7.17. The molecule has 0 radical (unpaired) electrons. The smallest absolute Gasteiger partial charge is 0.309 e. The summed E-state index contributed by atoms with van der Waals surface area (Å²) in [6, 6.07) is 17.6. The number of piperazine rings is 1. The number of nitrogens with one attached hydrogen (secondary N) is 2. The number of amides is 2. The molecule has 3 aromatic rings. The average molecular weight is 567 g/mol. The van der Waals surface area contributed by atoms with Gasteiger partial charge in [0.25, 0.3) is 0 Å². The van der Waals surface area contributed by atoms with Crippen LogP contribution in [-0.2, 0) is 16.0 Å². The fourth-order valence-electron chi connectivity index (χ4n) is 5.04. The van der Waals surface area contributed by atoms with Crippen molar-refractivity contribution in [3.05, 3.63) is 70.4 Å². The highest BCUT2D eigenvalue weighted by atomic mass is 32.1. The van der Waals surface area contributed by atoms with Gasteiger partial charge in [-0.05, 0) is 66.8 Å². The molecule has 2 amide bonds. The Bertz CT molecular complexity index is 1240. The number of carbonyl (C=O) groups excluding carboxylic acids is 2. The third-order valence-corrected chi connectivity index (χ3v) is 8.11. The summed E-state index contributed by atoms with van der Waals surface area (Å²) in [4.78, 5) is 31.4. The summed E-state index contributed by atoms with van der Waals surface area (Å²) in [6.07, 6.45) is 0.561. The normalized spacial score (nSPS) is 15.2. The number of nitrogens with zero attached hydrogens (tertiary/aromatic N) is 2. The van der Waals surface area contributed by atoms with E-state index in [1.807, 2.05) is 48.7 Å². The summed E-state index contributed by atoms with van der Waals surface area (Å²) >= 11 is 1.67. The van der Waals surface area contributed by atoms with Crippen molar-refractivity contribution in [2.24, 2.45) is 0 Å². The molecule has 40 heavy (non-hydrogen) atoms. The molecule has 0 aliphatic carbocycles. The molecule has 2 aromatic carbocycles. The first kappa shape index (κ1) is 29.2. The Kier molecular flexibility index (Phi) is 10.3. The van der Waals surface area contributed by atoms with Gasteiger partial charge in [-0.1, -0.05) is 12.1 Å². The highest BCUT2D eigenvalue weighted by molar-refractivity contribution is 7.10. The topological polar surface area (TPSA) is 92.4 Å². The minimum atomic E-state index is -0.637. The lowest BCUT2D eigenvalue weighted by Crippen LogP contribution is -2.53. The SMILES string of the molecule is COc1ccc(N2CCN([C@H](c3cccs3)[C@@H](C)NC(=O)C(=O)NCCc3ccc(OC)c(OC)c3)CC2)cc1. The molecule has 2 atom stereocenters. The summed E-state index contributed by atoms with van der Waals surface area (Å²) in [5.74, 6) is 0.850. The molecular formula is C30H38N4O5S. The van der Waals surface area contributed by atoms with Crippen LogP contribution in [0.4, 0.5) is 5.69 Å². The number of benzene rings is 2. The lowest BCUT2D eigenvalue weighted by Gasteiger charge is -2.42. The monoisotopic (exact) mass is 566 g/mol. The van der Waals surface area contributed by atoms with Gasteiger partial charge >= 0.3 is 11.8 Å². The van der Waals surface area contributed by atoms with Crippen LogP contribution >= 0.6 is 11.3 Å². The van der Waals surface area contributed by atoms with Crippen molar-refractivity contribution >= 4 is 28.8 Å². The first-order valence-corrected chi connectivity index (χ1v) is 14.3. The predicted octanol–water partition coefficient (Wildman–Crippen LogP) is 3.50. The van der Waals surface area contributed by atoms with E-state index in [9.17, 15) is 9.59 Å². The van der Waals surface area contributed by atoms with Crippen molar-refractivity contribution < 1.29 is 23.8 Å². The lowest BCUT2D eigenvalue weighted by molar-refractivity contribution is -0.139. The summed E-state index contributed by atoms with van der Waals surface area (Å²) in [5.41, 5.74) is 2.14. The van der Waals surface area contributed by atoms with Gasteiger partial charge in [0.15, 0.2) is 11.5 Å². The zero-order chi connectivity index (χ0) is 28.5. The summed E-state index contributed by atoms with van der Waals surface area (Å²) in [5, 5.41) is 7.74. The Morgan fingerprint density at radius 1 is 0.900 bits per heavy atom. The van der Waals surface area contributed by atoms with Crippen molar-refractivity contribution in [3.8, 4) is 17.2 Å². The van der Waals surface area contributed by atoms with Crippen molar-refractivity contribution in [2.45, 2.75) is 25.4 Å². The maximum Gasteiger partial charge on any atom is 0.309 e. The van der Waals surface area contributed by atoms with Gasteiger partial charge < -0.3 is 29.7 Å². The van der Waals surface area contributed by atoms with Crippen LogP contribution in [-0.4, -0.2) is 76.8 Å². The average Bonchev–Trinajstić information content (AvgIpc) is 3.52. The largest absolute Gasteiger partial charge is 0.497 e. The van der Waals surface area contributed by atoms with Crippen LogP contribution < -0.4 is 29.7 Å². The second-order valence-corrected chi connectivity index (χ2v) is 10.6. The Labute approximate surface area is 240 Å². The van der Waals surface area contributed by atoms with Crippen LogP contribution in [0.1, 0.15) is 23.4 Å². The minimum Gasteiger partial charge on any atom is -0.497 e. The van der Waals surface area contributed by atoms with E-state index in [2.05, 4.69) is 38.6 Å². The molecule has 0 unspecified atom stereocenters. The summed E-state index contributed by atoms with van der Waals surface area (Å²) < 4.78 is 15.9. The molecule has 4 rings (SSSR count). The lowest BCUT2D eigenvalue weighted by atomic mass is 10.0. The zero-order valence-electron chi connectivity index (χ0n) is 23.5. The van der Waals surface area contributed by atoms with Crippen LogP contribution in [0.2, 0.25) is 0 Å². The molecule has 1 aromatic heterocycles. The molecule has 2 N–H and O–H groups in total. The van der Waals surface area contributed by atoms with E-state index in [1.165, 1.54) is 10.6 Å². The molecule has 0 bridgehead atoms. The third kappa shape index (κ3) is 7.25. The first-order chi connectivity index (χ1) is 19.4. The Morgan fingerprint density at radius 2 is 1.62 bits per heavy atom. The molecule has 1 aliphatic heterocycles. The van der Waals surface area contributed by atoms with Gasteiger partial charge in [0.1, 0.15) is 5.75 Å². The molecule has 214 valence electrons. The van der Waals surface area contributed by atoms with E-state index in [1.54, 1.807) is 32.7 Å². The van der Waals surface area contributed by atoms with Gasteiger partial charge in [-0.15, -0.1) is 11.3 Å². The van der Waals surface area contributed by atoms with Crippen LogP contribution in [0.15, 0.2) is 60.0 Å². The van der Waals surface area contributed by atoms with E-state index in [-0.39, 0.29) is 12.1 Å². The van der Waals surface area contributed by atoms with E-state index >= 15 is 0 Å². The predicted molar refractivity (Wildman–Crippen MR) is 158 cm³/mol. The first-order valence-electron chi connectivity index (χ1n) is 13.4.